The minimum Gasteiger partial charge on any atom is -0.383 e. The van der Waals surface area contributed by atoms with E-state index in [1.807, 2.05) is 60.7 Å². The van der Waals surface area contributed by atoms with Gasteiger partial charge in [0.2, 0.25) is 11.8 Å². The van der Waals surface area contributed by atoms with Gasteiger partial charge in [-0.25, -0.2) is 0 Å². The second-order valence-corrected chi connectivity index (χ2v) is 5.19. The number of rotatable bonds is 7. The molecule has 2 aromatic carbocycles. The maximum atomic E-state index is 11.8. The standard InChI is InChI=1S/C18H20N2O3/c21-16(18(23)20-13-15-9-5-2-6-10-15)11-17(22)19-12-14-7-3-1-4-8-14/h1-10,16,21H,11-13H2,(H,19,22)(H,20,23)/t16-/m1/s1. The third-order valence-corrected chi connectivity index (χ3v) is 3.32. The number of amides is 2. The molecule has 0 aliphatic carbocycles. The van der Waals surface area contributed by atoms with Crippen molar-refractivity contribution in [2.24, 2.45) is 0 Å². The van der Waals surface area contributed by atoms with Gasteiger partial charge in [0, 0.05) is 13.1 Å². The van der Waals surface area contributed by atoms with Gasteiger partial charge in [0.15, 0.2) is 0 Å². The number of nitrogens with one attached hydrogen (secondary N) is 2. The molecule has 0 unspecified atom stereocenters. The Kier molecular flexibility index (Phi) is 6.32. The first kappa shape index (κ1) is 16.7. The summed E-state index contributed by atoms with van der Waals surface area (Å²) in [6, 6.07) is 18.8. The fraction of sp³-hybridized carbons (Fsp3) is 0.222. The van der Waals surface area contributed by atoms with Gasteiger partial charge in [0.05, 0.1) is 6.42 Å². The molecule has 0 saturated heterocycles. The molecule has 120 valence electrons. The van der Waals surface area contributed by atoms with Crippen molar-refractivity contribution in [3.05, 3.63) is 71.8 Å². The summed E-state index contributed by atoms with van der Waals surface area (Å²) in [7, 11) is 0. The van der Waals surface area contributed by atoms with Crippen molar-refractivity contribution in [2.45, 2.75) is 25.6 Å². The zero-order chi connectivity index (χ0) is 16.5. The highest BCUT2D eigenvalue weighted by Gasteiger charge is 2.18. The van der Waals surface area contributed by atoms with Crippen LogP contribution in [0.3, 0.4) is 0 Å². The van der Waals surface area contributed by atoms with Crippen LogP contribution in [0.4, 0.5) is 0 Å². The Hall–Kier alpha value is -2.66. The van der Waals surface area contributed by atoms with E-state index in [0.29, 0.717) is 13.1 Å². The van der Waals surface area contributed by atoms with Crippen LogP contribution in [-0.2, 0) is 22.7 Å². The van der Waals surface area contributed by atoms with Crippen LogP contribution in [-0.4, -0.2) is 23.0 Å². The smallest absolute Gasteiger partial charge is 0.249 e. The van der Waals surface area contributed by atoms with Crippen LogP contribution in [0.5, 0.6) is 0 Å². The van der Waals surface area contributed by atoms with E-state index in [2.05, 4.69) is 10.6 Å². The van der Waals surface area contributed by atoms with E-state index in [0.717, 1.165) is 11.1 Å². The molecule has 0 aromatic heterocycles. The molecule has 3 N–H and O–H groups in total. The lowest BCUT2D eigenvalue weighted by Gasteiger charge is -2.12. The molecule has 0 heterocycles. The van der Waals surface area contributed by atoms with Crippen LogP contribution < -0.4 is 10.6 Å². The second kappa shape index (κ2) is 8.70. The molecular formula is C18H20N2O3. The summed E-state index contributed by atoms with van der Waals surface area (Å²) in [6.07, 6.45) is -1.61. The molecule has 5 heteroatoms. The minimum absolute atomic E-state index is 0.256. The van der Waals surface area contributed by atoms with Crippen molar-refractivity contribution < 1.29 is 14.7 Å². The fourth-order valence-corrected chi connectivity index (χ4v) is 2.04. The Balaban J connectivity index is 1.71. The Labute approximate surface area is 135 Å². The van der Waals surface area contributed by atoms with Gasteiger partial charge in [-0.3, -0.25) is 9.59 Å². The third-order valence-electron chi connectivity index (χ3n) is 3.32. The first-order valence-corrected chi connectivity index (χ1v) is 7.45. The van der Waals surface area contributed by atoms with Crippen LogP contribution in [0, 0.1) is 0 Å². The first-order valence-electron chi connectivity index (χ1n) is 7.45. The molecule has 23 heavy (non-hydrogen) atoms. The first-order chi connectivity index (χ1) is 11.1. The van der Waals surface area contributed by atoms with Crippen molar-refractivity contribution in [3.8, 4) is 0 Å². The van der Waals surface area contributed by atoms with E-state index in [4.69, 9.17) is 0 Å². The SMILES string of the molecule is O=C(C[C@@H](O)C(=O)NCc1ccccc1)NCc1ccccc1. The molecule has 0 aliphatic rings. The van der Waals surface area contributed by atoms with Crippen molar-refractivity contribution >= 4 is 11.8 Å². The lowest BCUT2D eigenvalue weighted by molar-refractivity contribution is -0.134. The highest BCUT2D eigenvalue weighted by molar-refractivity contribution is 5.87. The van der Waals surface area contributed by atoms with Crippen LogP contribution in [0.25, 0.3) is 0 Å². The number of benzene rings is 2. The Morgan fingerprint density at radius 3 is 1.83 bits per heavy atom. The number of carbonyl (C=O) groups excluding carboxylic acids is 2. The maximum Gasteiger partial charge on any atom is 0.249 e. The zero-order valence-electron chi connectivity index (χ0n) is 12.7. The topological polar surface area (TPSA) is 78.4 Å². The summed E-state index contributed by atoms with van der Waals surface area (Å²) in [5.74, 6) is -0.917. The highest BCUT2D eigenvalue weighted by Crippen LogP contribution is 2.00. The normalized spacial score (nSPS) is 11.5. The monoisotopic (exact) mass is 312 g/mol. The zero-order valence-corrected chi connectivity index (χ0v) is 12.7. The molecule has 0 bridgehead atoms. The van der Waals surface area contributed by atoms with Crippen molar-refractivity contribution in [2.75, 3.05) is 0 Å². The summed E-state index contributed by atoms with van der Waals surface area (Å²) in [6.45, 7) is 0.695. The van der Waals surface area contributed by atoms with Gasteiger partial charge in [0.25, 0.3) is 0 Å². The highest BCUT2D eigenvalue weighted by atomic mass is 16.3. The van der Waals surface area contributed by atoms with Crippen LogP contribution in [0.15, 0.2) is 60.7 Å². The van der Waals surface area contributed by atoms with Crippen molar-refractivity contribution in [1.82, 2.24) is 10.6 Å². The Morgan fingerprint density at radius 2 is 1.30 bits per heavy atom. The van der Waals surface area contributed by atoms with Gasteiger partial charge in [-0.15, -0.1) is 0 Å². The largest absolute Gasteiger partial charge is 0.383 e. The quantitative estimate of drug-likeness (QED) is 0.722. The number of aliphatic hydroxyl groups excluding tert-OH is 1. The summed E-state index contributed by atoms with van der Waals surface area (Å²) in [5, 5.41) is 15.1. The molecule has 0 aliphatic heterocycles. The lowest BCUT2D eigenvalue weighted by atomic mass is 10.2. The molecule has 2 aromatic rings. The summed E-state index contributed by atoms with van der Waals surface area (Å²) in [4.78, 5) is 23.5. The molecule has 5 nitrogen and oxygen atoms in total. The third kappa shape index (κ3) is 5.92. The predicted molar refractivity (Wildman–Crippen MR) is 87.2 cm³/mol. The van der Waals surface area contributed by atoms with Gasteiger partial charge < -0.3 is 15.7 Å². The number of aliphatic hydroxyl groups is 1. The molecule has 0 radical (unpaired) electrons. The summed E-state index contributed by atoms with van der Waals surface area (Å²) in [5.41, 5.74) is 1.89. The van der Waals surface area contributed by atoms with Gasteiger partial charge in [-0.1, -0.05) is 60.7 Å². The molecule has 0 saturated carbocycles. The molecular weight excluding hydrogens is 292 g/mol. The van der Waals surface area contributed by atoms with Crippen LogP contribution in [0.1, 0.15) is 17.5 Å². The van der Waals surface area contributed by atoms with E-state index in [1.54, 1.807) is 0 Å². The lowest BCUT2D eigenvalue weighted by Crippen LogP contribution is -2.38. The Morgan fingerprint density at radius 1 is 0.826 bits per heavy atom. The molecule has 0 fully saturated rings. The summed E-state index contributed by atoms with van der Waals surface area (Å²) >= 11 is 0. The molecule has 2 rings (SSSR count). The average Bonchev–Trinajstić information content (AvgIpc) is 2.59. The molecule has 2 amide bonds. The van der Waals surface area contributed by atoms with E-state index in [1.165, 1.54) is 0 Å². The van der Waals surface area contributed by atoms with Gasteiger partial charge in [-0.2, -0.15) is 0 Å². The number of carbonyl (C=O) groups is 2. The van der Waals surface area contributed by atoms with Gasteiger partial charge in [0.1, 0.15) is 6.10 Å². The van der Waals surface area contributed by atoms with E-state index in [9.17, 15) is 14.7 Å². The minimum atomic E-state index is -1.35. The molecule has 0 spiro atoms. The van der Waals surface area contributed by atoms with Crippen LogP contribution >= 0.6 is 0 Å². The number of hydrogen-bond donors (Lipinski definition) is 3. The predicted octanol–water partition coefficient (Wildman–Crippen LogP) is 1.37. The average molecular weight is 312 g/mol. The van der Waals surface area contributed by atoms with Crippen molar-refractivity contribution in [3.63, 3.8) is 0 Å². The van der Waals surface area contributed by atoms with E-state index < -0.39 is 12.0 Å². The van der Waals surface area contributed by atoms with Crippen molar-refractivity contribution in [1.29, 1.82) is 0 Å². The van der Waals surface area contributed by atoms with Gasteiger partial charge in [-0.05, 0) is 11.1 Å². The van der Waals surface area contributed by atoms with E-state index >= 15 is 0 Å². The van der Waals surface area contributed by atoms with Crippen LogP contribution in [0.2, 0.25) is 0 Å². The van der Waals surface area contributed by atoms with E-state index in [-0.39, 0.29) is 12.3 Å². The summed E-state index contributed by atoms with van der Waals surface area (Å²) < 4.78 is 0. The fourth-order valence-electron chi connectivity index (χ4n) is 2.04. The Bertz CT molecular complexity index is 629. The maximum absolute atomic E-state index is 11.8. The second-order valence-electron chi connectivity index (χ2n) is 5.19. The van der Waals surface area contributed by atoms with Gasteiger partial charge >= 0.3 is 0 Å². The number of hydrogen-bond acceptors (Lipinski definition) is 3. The molecule has 1 atom stereocenters.